The van der Waals surface area contributed by atoms with E-state index in [0.29, 0.717) is 34.3 Å². The Morgan fingerprint density at radius 1 is 1.10 bits per heavy atom. The first-order valence-electron chi connectivity index (χ1n) is 10.3. The van der Waals surface area contributed by atoms with Crippen LogP contribution in [0.3, 0.4) is 0 Å². The summed E-state index contributed by atoms with van der Waals surface area (Å²) in [4.78, 5) is 30.7. The number of aromatic nitrogens is 2. The Bertz CT molecular complexity index is 1160. The SMILES string of the molecule is CCN(CC)Cc1ccccc1CNC(=O)c1ccc2c(=O)n(CC)c(=S)[nH]c2c1. The number of carbonyl (C=O) groups is 1. The number of aromatic amines is 1. The van der Waals surface area contributed by atoms with Crippen molar-refractivity contribution < 1.29 is 4.79 Å². The molecule has 0 atom stereocenters. The highest BCUT2D eigenvalue weighted by atomic mass is 32.1. The zero-order chi connectivity index (χ0) is 21.7. The maximum Gasteiger partial charge on any atom is 0.262 e. The normalized spacial score (nSPS) is 11.2. The van der Waals surface area contributed by atoms with Gasteiger partial charge < -0.3 is 10.3 Å². The molecule has 158 valence electrons. The van der Waals surface area contributed by atoms with Crippen molar-refractivity contribution in [2.45, 2.75) is 40.4 Å². The predicted molar refractivity (Wildman–Crippen MR) is 123 cm³/mol. The van der Waals surface area contributed by atoms with Gasteiger partial charge in [0, 0.05) is 25.2 Å². The lowest BCUT2D eigenvalue weighted by molar-refractivity contribution is 0.0951. The standard InChI is InChI=1S/C23H28N4O2S/c1-4-26(5-2)15-18-10-8-7-9-17(18)14-24-21(28)16-11-12-19-20(13-16)25-23(30)27(6-3)22(19)29/h7-13H,4-6,14-15H2,1-3H3,(H,24,28)(H,25,30). The molecule has 0 spiro atoms. The summed E-state index contributed by atoms with van der Waals surface area (Å²) in [6.45, 7) is 9.93. The van der Waals surface area contributed by atoms with Crippen LogP contribution in [-0.2, 0) is 19.6 Å². The fraction of sp³-hybridized carbons (Fsp3) is 0.348. The Kier molecular flexibility index (Phi) is 7.18. The highest BCUT2D eigenvalue weighted by molar-refractivity contribution is 7.71. The second-order valence-corrected chi connectivity index (χ2v) is 7.54. The Morgan fingerprint density at radius 2 is 1.80 bits per heavy atom. The number of hydrogen-bond donors (Lipinski definition) is 2. The number of fused-ring (bicyclic) bond motifs is 1. The first-order valence-corrected chi connectivity index (χ1v) is 10.7. The van der Waals surface area contributed by atoms with E-state index in [2.05, 4.69) is 35.1 Å². The van der Waals surface area contributed by atoms with Crippen molar-refractivity contribution in [1.82, 2.24) is 19.8 Å². The van der Waals surface area contributed by atoms with E-state index in [1.165, 1.54) is 10.1 Å². The number of amides is 1. The van der Waals surface area contributed by atoms with Crippen LogP contribution in [0, 0.1) is 4.77 Å². The summed E-state index contributed by atoms with van der Waals surface area (Å²) >= 11 is 5.26. The van der Waals surface area contributed by atoms with E-state index in [4.69, 9.17) is 12.2 Å². The lowest BCUT2D eigenvalue weighted by Crippen LogP contribution is -2.26. The molecular formula is C23H28N4O2S. The van der Waals surface area contributed by atoms with Crippen LogP contribution in [0.4, 0.5) is 0 Å². The van der Waals surface area contributed by atoms with Crippen molar-refractivity contribution in [2.75, 3.05) is 13.1 Å². The van der Waals surface area contributed by atoms with E-state index in [0.717, 1.165) is 25.2 Å². The van der Waals surface area contributed by atoms with Crippen LogP contribution in [0.25, 0.3) is 10.9 Å². The number of nitrogens with zero attached hydrogens (tertiary/aromatic N) is 2. The number of carbonyl (C=O) groups excluding carboxylic acids is 1. The smallest absolute Gasteiger partial charge is 0.262 e. The molecule has 1 amide bonds. The van der Waals surface area contributed by atoms with Crippen LogP contribution in [-0.4, -0.2) is 33.4 Å². The molecule has 0 fully saturated rings. The van der Waals surface area contributed by atoms with Crippen molar-refractivity contribution in [3.8, 4) is 0 Å². The van der Waals surface area contributed by atoms with Gasteiger partial charge in [0.15, 0.2) is 4.77 Å². The van der Waals surface area contributed by atoms with Gasteiger partial charge in [-0.3, -0.25) is 19.1 Å². The summed E-state index contributed by atoms with van der Waals surface area (Å²) in [6.07, 6.45) is 0. The molecular weight excluding hydrogens is 396 g/mol. The molecule has 6 nitrogen and oxygen atoms in total. The van der Waals surface area contributed by atoms with E-state index in [1.807, 2.05) is 25.1 Å². The van der Waals surface area contributed by atoms with Crippen molar-refractivity contribution in [2.24, 2.45) is 0 Å². The van der Waals surface area contributed by atoms with E-state index >= 15 is 0 Å². The monoisotopic (exact) mass is 424 g/mol. The second-order valence-electron chi connectivity index (χ2n) is 7.15. The summed E-state index contributed by atoms with van der Waals surface area (Å²) in [7, 11) is 0. The number of hydrogen-bond acceptors (Lipinski definition) is 4. The van der Waals surface area contributed by atoms with Gasteiger partial charge in [0.25, 0.3) is 11.5 Å². The van der Waals surface area contributed by atoms with Gasteiger partial charge in [0.2, 0.25) is 0 Å². The second kappa shape index (κ2) is 9.82. The van der Waals surface area contributed by atoms with E-state index < -0.39 is 0 Å². The van der Waals surface area contributed by atoms with E-state index in [1.54, 1.807) is 18.2 Å². The zero-order valence-electron chi connectivity index (χ0n) is 17.7. The van der Waals surface area contributed by atoms with E-state index in [9.17, 15) is 9.59 Å². The van der Waals surface area contributed by atoms with Gasteiger partial charge in [-0.25, -0.2) is 0 Å². The summed E-state index contributed by atoms with van der Waals surface area (Å²) in [5, 5.41) is 3.52. The highest BCUT2D eigenvalue weighted by Gasteiger charge is 2.11. The maximum atomic E-state index is 12.8. The lowest BCUT2D eigenvalue weighted by atomic mass is 10.1. The largest absolute Gasteiger partial charge is 0.348 e. The molecule has 3 rings (SSSR count). The maximum absolute atomic E-state index is 12.8. The van der Waals surface area contributed by atoms with Crippen molar-refractivity contribution in [3.05, 3.63) is 74.3 Å². The average Bonchev–Trinajstić information content (AvgIpc) is 2.76. The molecule has 3 aromatic rings. The molecule has 0 saturated carbocycles. The van der Waals surface area contributed by atoms with Crippen LogP contribution < -0.4 is 10.9 Å². The van der Waals surface area contributed by atoms with E-state index in [-0.39, 0.29) is 11.5 Å². The minimum Gasteiger partial charge on any atom is -0.348 e. The molecule has 2 aromatic carbocycles. The molecule has 0 aliphatic carbocycles. The van der Waals surface area contributed by atoms with Crippen molar-refractivity contribution in [3.63, 3.8) is 0 Å². The molecule has 0 aliphatic rings. The first kappa shape index (κ1) is 21.9. The molecule has 0 saturated heterocycles. The fourth-order valence-corrected chi connectivity index (χ4v) is 3.85. The summed E-state index contributed by atoms with van der Waals surface area (Å²) in [5.41, 5.74) is 3.23. The predicted octanol–water partition coefficient (Wildman–Crippen LogP) is 3.85. The molecule has 7 heteroatoms. The quantitative estimate of drug-likeness (QED) is 0.539. The Balaban J connectivity index is 1.80. The van der Waals surface area contributed by atoms with Gasteiger partial charge in [-0.15, -0.1) is 0 Å². The van der Waals surface area contributed by atoms with Gasteiger partial charge in [-0.2, -0.15) is 0 Å². The Labute approximate surface area is 181 Å². The molecule has 1 aromatic heterocycles. The van der Waals surface area contributed by atoms with Gasteiger partial charge in [0.1, 0.15) is 0 Å². The number of benzene rings is 2. The van der Waals surface area contributed by atoms with Crippen LogP contribution >= 0.6 is 12.2 Å². The molecule has 0 unspecified atom stereocenters. The zero-order valence-corrected chi connectivity index (χ0v) is 18.5. The summed E-state index contributed by atoms with van der Waals surface area (Å²) in [6, 6.07) is 13.2. The Morgan fingerprint density at radius 3 is 2.47 bits per heavy atom. The highest BCUT2D eigenvalue weighted by Crippen LogP contribution is 2.14. The van der Waals surface area contributed by atoms with Crippen molar-refractivity contribution in [1.29, 1.82) is 0 Å². The summed E-state index contributed by atoms with van der Waals surface area (Å²) < 4.78 is 1.86. The fourth-order valence-electron chi connectivity index (χ4n) is 3.53. The molecule has 2 N–H and O–H groups in total. The van der Waals surface area contributed by atoms with Gasteiger partial charge in [-0.1, -0.05) is 38.1 Å². The van der Waals surface area contributed by atoms with Crippen LogP contribution in [0.1, 0.15) is 42.3 Å². The molecule has 0 bridgehead atoms. The molecule has 0 aliphatic heterocycles. The summed E-state index contributed by atoms with van der Waals surface area (Å²) in [5.74, 6) is -0.187. The first-order chi connectivity index (χ1) is 14.5. The third-order valence-electron chi connectivity index (χ3n) is 5.41. The lowest BCUT2D eigenvalue weighted by Gasteiger charge is -2.20. The van der Waals surface area contributed by atoms with Gasteiger partial charge in [0.05, 0.1) is 10.9 Å². The molecule has 30 heavy (non-hydrogen) atoms. The minimum atomic E-state index is -0.187. The van der Waals surface area contributed by atoms with Crippen LogP contribution in [0.5, 0.6) is 0 Å². The third-order valence-corrected chi connectivity index (χ3v) is 5.73. The van der Waals surface area contributed by atoms with Gasteiger partial charge >= 0.3 is 0 Å². The number of nitrogens with one attached hydrogen (secondary N) is 2. The molecule has 0 radical (unpaired) electrons. The number of H-pyrrole nitrogens is 1. The number of rotatable bonds is 8. The van der Waals surface area contributed by atoms with Crippen molar-refractivity contribution >= 4 is 29.0 Å². The van der Waals surface area contributed by atoms with Crippen LogP contribution in [0.15, 0.2) is 47.3 Å². The van der Waals surface area contributed by atoms with Gasteiger partial charge in [-0.05, 0) is 61.6 Å². The average molecular weight is 425 g/mol. The topological polar surface area (TPSA) is 70.1 Å². The van der Waals surface area contributed by atoms with Crippen LogP contribution in [0.2, 0.25) is 0 Å². The molecule has 1 heterocycles. The Hall–Kier alpha value is -2.77. The minimum absolute atomic E-state index is 0.145. The third kappa shape index (κ3) is 4.68.